The molecular formula is C63H78ClIrNOP-. The van der Waals surface area contributed by atoms with Gasteiger partial charge >= 0.3 is 0 Å². The quantitative estimate of drug-likeness (QED) is 0.155. The van der Waals surface area contributed by atoms with E-state index in [-0.39, 0.29) is 65.6 Å². The first-order valence-electron chi connectivity index (χ1n) is 25.1. The molecule has 5 aromatic carbocycles. The van der Waals surface area contributed by atoms with Crippen LogP contribution in [0, 0.1) is 25.7 Å². The third-order valence-electron chi connectivity index (χ3n) is 14.5. The van der Waals surface area contributed by atoms with Gasteiger partial charge in [-0.15, -0.1) is 0 Å². The molecule has 0 saturated heterocycles. The van der Waals surface area contributed by atoms with Crippen LogP contribution in [0.1, 0.15) is 177 Å². The Bertz CT molecular complexity index is 2360. The van der Waals surface area contributed by atoms with Crippen LogP contribution >= 0.6 is 7.92 Å². The van der Waals surface area contributed by atoms with E-state index < -0.39 is 7.92 Å². The number of benzene rings is 5. The van der Waals surface area contributed by atoms with Crippen molar-refractivity contribution in [2.45, 2.75) is 174 Å². The number of rotatable bonds is 6. The van der Waals surface area contributed by atoms with Crippen LogP contribution in [0.4, 0.5) is 0 Å². The minimum atomic E-state index is -0.951. The van der Waals surface area contributed by atoms with Crippen LogP contribution in [0.3, 0.4) is 0 Å². The molecule has 1 aliphatic heterocycles. The fourth-order valence-electron chi connectivity index (χ4n) is 10.6. The number of ether oxygens (including phenoxy) is 1. The Morgan fingerprint density at radius 1 is 0.544 bits per heavy atom. The number of hydrogen-bond acceptors (Lipinski definition) is 2. The Labute approximate surface area is 434 Å². The second-order valence-corrected chi connectivity index (χ2v) is 26.0. The summed E-state index contributed by atoms with van der Waals surface area (Å²) in [6.07, 6.45) is 19.3. The molecule has 0 bridgehead atoms. The Morgan fingerprint density at radius 2 is 0.985 bits per heavy atom. The van der Waals surface area contributed by atoms with Crippen molar-refractivity contribution in [3.05, 3.63) is 184 Å². The summed E-state index contributed by atoms with van der Waals surface area (Å²) < 4.78 is 6.59. The van der Waals surface area contributed by atoms with Gasteiger partial charge in [0, 0.05) is 31.1 Å². The summed E-state index contributed by atoms with van der Waals surface area (Å²) in [5, 5.41) is 4.46. The third kappa shape index (κ3) is 12.0. The summed E-state index contributed by atoms with van der Waals surface area (Å²) in [5.74, 6) is 0.840. The average Bonchev–Trinajstić information content (AvgIpc) is 3.98. The van der Waals surface area contributed by atoms with Crippen molar-refractivity contribution in [1.82, 2.24) is 0 Å². The largest absolute Gasteiger partial charge is 1.00 e. The SMILES string of the molecule is CC(C)(C)c1cc(P(c2cc(C(C)(C)C)cc(C(C)(C)C)c2)c2cccc3c2[C@]2(CCc4cccc(C5=N[C@@H](Cc6ccccc6)CO5)c42)CC3)cc(C(C)(C)C)c1.[CH]1[CH]CC[CH][CH]CC1.[Cl-].[Ir]. The minimum Gasteiger partial charge on any atom is -1.00 e. The van der Waals surface area contributed by atoms with Crippen molar-refractivity contribution >= 4 is 29.7 Å². The molecule has 5 aromatic rings. The van der Waals surface area contributed by atoms with Crippen molar-refractivity contribution < 1.29 is 37.2 Å². The van der Waals surface area contributed by atoms with Crippen LogP contribution in [0.15, 0.2) is 108 Å². The third-order valence-corrected chi connectivity index (χ3v) is 16.9. The fraction of sp³-hybridized carbons (Fsp3) is 0.444. The van der Waals surface area contributed by atoms with Gasteiger partial charge in [-0.3, -0.25) is 0 Å². The molecule has 0 amide bonds. The van der Waals surface area contributed by atoms with Crippen LogP contribution in [0.2, 0.25) is 0 Å². The number of aliphatic imine (C=N–C) groups is 1. The van der Waals surface area contributed by atoms with Gasteiger partial charge in [0.25, 0.3) is 0 Å². The number of halogens is 1. The van der Waals surface area contributed by atoms with Crippen molar-refractivity contribution in [3.8, 4) is 0 Å². The van der Waals surface area contributed by atoms with Gasteiger partial charge < -0.3 is 17.1 Å². The van der Waals surface area contributed by atoms with Gasteiger partial charge in [-0.1, -0.05) is 180 Å². The zero-order chi connectivity index (χ0) is 47.1. The first kappa shape index (κ1) is 54.3. The molecule has 2 nitrogen and oxygen atoms in total. The predicted octanol–water partition coefficient (Wildman–Crippen LogP) is 11.6. The van der Waals surface area contributed by atoms with E-state index in [2.05, 4.69) is 212 Å². The molecule has 5 heteroatoms. The number of hydrogen-bond donors (Lipinski definition) is 0. The van der Waals surface area contributed by atoms with E-state index in [1.54, 1.807) is 5.56 Å². The van der Waals surface area contributed by atoms with Gasteiger partial charge in [0.2, 0.25) is 5.90 Å². The Kier molecular flexibility index (Phi) is 17.4. The molecule has 68 heavy (non-hydrogen) atoms. The summed E-state index contributed by atoms with van der Waals surface area (Å²) in [5.41, 5.74) is 14.2. The van der Waals surface area contributed by atoms with E-state index in [1.165, 1.54) is 91.7 Å². The van der Waals surface area contributed by atoms with E-state index in [4.69, 9.17) is 9.73 Å². The monoisotopic (exact) mass is 1120 g/mol. The molecule has 1 spiro atoms. The first-order valence-corrected chi connectivity index (χ1v) is 26.5. The van der Waals surface area contributed by atoms with Gasteiger partial charge in [0.1, 0.15) is 6.61 Å². The zero-order valence-electron chi connectivity index (χ0n) is 43.3. The first-order chi connectivity index (χ1) is 31.2. The molecule has 0 aromatic heterocycles. The minimum absolute atomic E-state index is 0. The Morgan fingerprint density at radius 3 is 1.44 bits per heavy atom. The van der Waals surface area contributed by atoms with Gasteiger partial charge in [-0.25, -0.2) is 4.99 Å². The fourth-order valence-corrected chi connectivity index (χ4v) is 13.3. The molecule has 2 atom stereocenters. The van der Waals surface area contributed by atoms with Crippen LogP contribution in [0.5, 0.6) is 0 Å². The molecule has 363 valence electrons. The van der Waals surface area contributed by atoms with Gasteiger partial charge in [0.15, 0.2) is 0 Å². The standard InChI is InChI=1S/C55H66NOP.C8H12.ClH.Ir/c1-51(2,3)39-29-40(52(4,5)6)32-44(31-39)58(45-33-41(53(7,8)9)30-42(34-45)54(10,11)12)47-23-17-21-38-25-27-55(49(38)47)26-24-37-20-16-22-46(48(37)55)50-56-43(35-57-50)28-36-18-14-13-15-19-36;1-2-4-6-8-7-5-3-1;;/h13-23,29-34,43H,24-28,35H2,1-12H3;1-2,7-8H,3-6H2;1H;/p-1/t43-,55+;;;/m0.../s1. The summed E-state index contributed by atoms with van der Waals surface area (Å²) in [6, 6.07) is 40.5. The van der Waals surface area contributed by atoms with E-state index in [1.807, 2.05) is 0 Å². The molecule has 9 rings (SSSR count). The molecule has 1 fully saturated rings. The van der Waals surface area contributed by atoms with Crippen LogP contribution < -0.4 is 28.3 Å². The summed E-state index contributed by atoms with van der Waals surface area (Å²) in [7, 11) is -0.951. The Hall–Kier alpha value is -3.06. The van der Waals surface area contributed by atoms with Gasteiger partial charge in [-0.05, 0) is 185 Å². The molecule has 5 radical (unpaired) electrons. The normalized spacial score (nSPS) is 19.4. The maximum absolute atomic E-state index is 6.59. The van der Waals surface area contributed by atoms with Gasteiger partial charge in [-0.2, -0.15) is 0 Å². The van der Waals surface area contributed by atoms with Crippen molar-refractivity contribution in [2.24, 2.45) is 4.99 Å². The molecule has 1 saturated carbocycles. The Balaban J connectivity index is 0.000000692. The van der Waals surface area contributed by atoms with Crippen molar-refractivity contribution in [1.29, 1.82) is 0 Å². The van der Waals surface area contributed by atoms with Crippen molar-refractivity contribution in [2.75, 3.05) is 6.61 Å². The van der Waals surface area contributed by atoms with Crippen LogP contribution in [-0.2, 0) is 71.2 Å². The van der Waals surface area contributed by atoms with Crippen molar-refractivity contribution in [3.63, 3.8) is 0 Å². The predicted molar refractivity (Wildman–Crippen MR) is 286 cm³/mol. The number of aryl methyl sites for hydroxylation is 2. The summed E-state index contributed by atoms with van der Waals surface area (Å²) in [4.78, 5) is 5.32. The average molecular weight is 1120 g/mol. The van der Waals surface area contributed by atoms with Crippen LogP contribution in [-0.4, -0.2) is 18.5 Å². The molecule has 1 heterocycles. The van der Waals surface area contributed by atoms with Gasteiger partial charge in [0.05, 0.1) is 6.04 Å². The molecular weight excluding hydrogens is 1050 g/mol. The second kappa shape index (κ2) is 21.7. The van der Waals surface area contributed by atoms with Crippen LogP contribution in [0.25, 0.3) is 0 Å². The van der Waals surface area contributed by atoms with E-state index in [9.17, 15) is 0 Å². The number of fused-ring (bicyclic) bond motifs is 4. The number of nitrogens with zero attached hydrogens (tertiary/aromatic N) is 1. The van der Waals surface area contributed by atoms with E-state index in [0.717, 1.165) is 38.0 Å². The summed E-state index contributed by atoms with van der Waals surface area (Å²) in [6.45, 7) is 29.2. The smallest absolute Gasteiger partial charge is 0.216 e. The molecule has 0 N–H and O–H groups in total. The molecule has 0 unspecified atom stereocenters. The zero-order valence-corrected chi connectivity index (χ0v) is 47.3. The van der Waals surface area contributed by atoms with E-state index in [0.29, 0.717) is 6.61 Å². The topological polar surface area (TPSA) is 21.6 Å². The van der Waals surface area contributed by atoms with E-state index >= 15 is 0 Å². The molecule has 4 aliphatic rings. The maximum Gasteiger partial charge on any atom is 0.216 e. The second-order valence-electron chi connectivity index (χ2n) is 23.8. The molecule has 3 aliphatic carbocycles. The maximum atomic E-state index is 6.59. The summed E-state index contributed by atoms with van der Waals surface area (Å²) >= 11 is 0.